The number of amidine groups is 1. The van der Waals surface area contributed by atoms with E-state index in [9.17, 15) is 27.9 Å². The highest BCUT2D eigenvalue weighted by Gasteiger charge is 2.29. The van der Waals surface area contributed by atoms with E-state index in [4.69, 9.17) is 16.9 Å². The smallest absolute Gasteiger partial charge is 0.335 e. The van der Waals surface area contributed by atoms with E-state index >= 15 is 0 Å². The Bertz CT molecular complexity index is 1880. The maximum Gasteiger partial charge on any atom is 0.335 e. The lowest BCUT2D eigenvalue weighted by Gasteiger charge is -2.24. The van der Waals surface area contributed by atoms with Gasteiger partial charge in [0.1, 0.15) is 17.9 Å². The molecule has 0 spiro atoms. The molecule has 0 saturated carbocycles. The Kier molecular flexibility index (Phi) is 13.4. The molecule has 2 atom stereocenters. The SMILES string of the molecule is N=C(N)c1ccc(CNC(=O)C(Cc2ccc(CN)cc2)NC(=O)C(CCCc2ccccc2)NS(=O)(=O)Cc2cccc(C(=O)O)c2)cc1. The predicted octanol–water partition coefficient (Wildman–Crippen LogP) is 2.98. The third kappa shape index (κ3) is 11.7. The van der Waals surface area contributed by atoms with Crippen molar-refractivity contribution in [2.24, 2.45) is 11.5 Å². The molecule has 2 unspecified atom stereocenters. The lowest BCUT2D eigenvalue weighted by atomic mass is 10.0. The molecule has 4 rings (SSSR count). The molecule has 0 aliphatic heterocycles. The highest BCUT2D eigenvalue weighted by Crippen LogP contribution is 2.14. The van der Waals surface area contributed by atoms with Crippen molar-refractivity contribution in [1.29, 1.82) is 5.41 Å². The summed E-state index contributed by atoms with van der Waals surface area (Å²) in [7, 11) is -4.14. The number of nitrogens with one attached hydrogen (secondary N) is 4. The first kappa shape index (κ1) is 37.4. The highest BCUT2D eigenvalue weighted by atomic mass is 32.2. The van der Waals surface area contributed by atoms with Crippen LogP contribution in [0.3, 0.4) is 0 Å². The van der Waals surface area contributed by atoms with Crippen LogP contribution in [0.5, 0.6) is 0 Å². The minimum Gasteiger partial charge on any atom is -0.478 e. The lowest BCUT2D eigenvalue weighted by molar-refractivity contribution is -0.130. The summed E-state index contributed by atoms with van der Waals surface area (Å²) in [4.78, 5) is 38.9. The van der Waals surface area contributed by atoms with Gasteiger partial charge in [-0.1, -0.05) is 91.0 Å². The number of aromatic carboxylic acids is 1. The standard InChI is InChI=1S/C37H42N6O6S/c38-22-27-14-12-26(13-15-27)21-33(35(44)41-23-28-16-18-30(19-17-28)34(39)40)42-36(45)32(11-5-8-25-6-2-1-3-7-25)43-50(48,49)24-29-9-4-10-31(20-29)37(46)47/h1-4,6-7,9-10,12-20,32-33,43H,5,8,11,21-24,38H2,(H3,39,40)(H,41,44)(H,42,45)(H,46,47). The van der Waals surface area contributed by atoms with Gasteiger partial charge in [0.2, 0.25) is 21.8 Å². The normalized spacial score (nSPS) is 12.4. The summed E-state index contributed by atoms with van der Waals surface area (Å²) in [6.07, 6.45) is 1.31. The van der Waals surface area contributed by atoms with E-state index in [-0.39, 0.29) is 36.3 Å². The molecule has 4 aromatic carbocycles. The Morgan fingerprint density at radius 1 is 0.740 bits per heavy atom. The second kappa shape index (κ2) is 17.9. The molecule has 0 aliphatic rings. The molecule has 0 saturated heterocycles. The fourth-order valence-corrected chi connectivity index (χ4v) is 6.67. The van der Waals surface area contributed by atoms with Crippen molar-refractivity contribution >= 4 is 33.6 Å². The zero-order valence-corrected chi connectivity index (χ0v) is 28.3. The first-order valence-electron chi connectivity index (χ1n) is 16.1. The molecule has 0 heterocycles. The number of rotatable bonds is 18. The Labute approximate surface area is 291 Å². The van der Waals surface area contributed by atoms with Crippen LogP contribution < -0.4 is 26.8 Å². The van der Waals surface area contributed by atoms with Gasteiger partial charge in [-0.2, -0.15) is 0 Å². The summed E-state index contributed by atoms with van der Waals surface area (Å²) in [5.74, 6) is -2.97. The zero-order valence-electron chi connectivity index (χ0n) is 27.5. The van der Waals surface area contributed by atoms with Crippen molar-refractivity contribution in [3.05, 3.63) is 142 Å². The zero-order chi connectivity index (χ0) is 36.1. The van der Waals surface area contributed by atoms with E-state index in [1.165, 1.54) is 24.3 Å². The van der Waals surface area contributed by atoms with Gasteiger partial charge in [0.15, 0.2) is 0 Å². The third-order valence-electron chi connectivity index (χ3n) is 8.03. The molecule has 9 N–H and O–H groups in total. The van der Waals surface area contributed by atoms with Crippen LogP contribution in [0.1, 0.15) is 56.6 Å². The fraction of sp³-hybridized carbons (Fsp3) is 0.243. The number of carboxylic acid groups (broad SMARTS) is 1. The maximum absolute atomic E-state index is 13.9. The van der Waals surface area contributed by atoms with Crippen molar-refractivity contribution in [3.63, 3.8) is 0 Å². The highest BCUT2D eigenvalue weighted by molar-refractivity contribution is 7.88. The van der Waals surface area contributed by atoms with Crippen LogP contribution in [-0.2, 0) is 51.3 Å². The second-order valence-electron chi connectivity index (χ2n) is 11.9. The quantitative estimate of drug-likeness (QED) is 0.0604. The van der Waals surface area contributed by atoms with Crippen molar-refractivity contribution in [3.8, 4) is 0 Å². The number of carbonyl (C=O) groups is 3. The number of benzene rings is 4. The van der Waals surface area contributed by atoms with Crippen LogP contribution in [0.15, 0.2) is 103 Å². The second-order valence-corrected chi connectivity index (χ2v) is 13.7. The molecule has 12 nitrogen and oxygen atoms in total. The Balaban J connectivity index is 1.54. The van der Waals surface area contributed by atoms with Gasteiger partial charge in [0, 0.05) is 25.1 Å². The first-order chi connectivity index (χ1) is 23.9. The predicted molar refractivity (Wildman–Crippen MR) is 192 cm³/mol. The minimum atomic E-state index is -4.14. The molecule has 0 radical (unpaired) electrons. The van der Waals surface area contributed by atoms with E-state index in [2.05, 4.69) is 15.4 Å². The molecule has 0 bridgehead atoms. The Morgan fingerprint density at radius 2 is 1.38 bits per heavy atom. The summed E-state index contributed by atoms with van der Waals surface area (Å²) in [6, 6.07) is 27.0. The topological polar surface area (TPSA) is 218 Å². The number of nitrogen functional groups attached to an aromatic ring is 1. The van der Waals surface area contributed by atoms with Gasteiger partial charge in [-0.3, -0.25) is 15.0 Å². The summed E-state index contributed by atoms with van der Waals surface area (Å²) in [6.45, 7) is 0.479. The average molecular weight is 699 g/mol. The minimum absolute atomic E-state index is 0.0574. The van der Waals surface area contributed by atoms with Crippen molar-refractivity contribution in [2.45, 2.75) is 56.6 Å². The number of carbonyl (C=O) groups excluding carboxylic acids is 2. The van der Waals surface area contributed by atoms with E-state index in [1.54, 1.807) is 24.3 Å². The van der Waals surface area contributed by atoms with Gasteiger partial charge in [0.25, 0.3) is 0 Å². The van der Waals surface area contributed by atoms with Gasteiger partial charge in [-0.05, 0) is 59.2 Å². The summed E-state index contributed by atoms with van der Waals surface area (Å²) >= 11 is 0. The molecule has 0 aliphatic carbocycles. The molecule has 50 heavy (non-hydrogen) atoms. The van der Waals surface area contributed by atoms with Gasteiger partial charge in [0.05, 0.1) is 11.3 Å². The number of nitrogens with two attached hydrogens (primary N) is 2. The number of aryl methyl sites for hydroxylation is 1. The molecular weight excluding hydrogens is 657 g/mol. The van der Waals surface area contributed by atoms with Crippen LogP contribution >= 0.6 is 0 Å². The largest absolute Gasteiger partial charge is 0.478 e. The summed E-state index contributed by atoms with van der Waals surface area (Å²) in [5, 5.41) is 22.6. The molecule has 2 amide bonds. The van der Waals surface area contributed by atoms with Crippen LogP contribution in [0, 0.1) is 5.41 Å². The first-order valence-corrected chi connectivity index (χ1v) is 17.7. The van der Waals surface area contributed by atoms with Crippen LogP contribution in [0.2, 0.25) is 0 Å². The molecule has 13 heteroatoms. The molecule has 0 aromatic heterocycles. The van der Waals surface area contributed by atoms with Crippen molar-refractivity contribution in [2.75, 3.05) is 0 Å². The Morgan fingerprint density at radius 3 is 2.02 bits per heavy atom. The van der Waals surface area contributed by atoms with Crippen molar-refractivity contribution in [1.82, 2.24) is 15.4 Å². The van der Waals surface area contributed by atoms with Crippen LogP contribution in [0.25, 0.3) is 0 Å². The average Bonchev–Trinajstić information content (AvgIpc) is 3.10. The van der Waals surface area contributed by atoms with Gasteiger partial charge < -0.3 is 27.2 Å². The molecule has 0 fully saturated rings. The summed E-state index contributed by atoms with van der Waals surface area (Å²) in [5.41, 5.74) is 15.4. The summed E-state index contributed by atoms with van der Waals surface area (Å²) < 4.78 is 29.3. The molecule has 262 valence electrons. The maximum atomic E-state index is 13.9. The van der Waals surface area contributed by atoms with E-state index in [1.807, 2.05) is 54.6 Å². The number of sulfonamides is 1. The van der Waals surface area contributed by atoms with Crippen LogP contribution in [0.4, 0.5) is 0 Å². The van der Waals surface area contributed by atoms with E-state index in [0.29, 0.717) is 24.9 Å². The third-order valence-corrected chi connectivity index (χ3v) is 9.39. The number of amides is 2. The van der Waals surface area contributed by atoms with Crippen molar-refractivity contribution < 1.29 is 27.9 Å². The lowest BCUT2D eigenvalue weighted by Crippen LogP contribution is -2.54. The fourth-order valence-electron chi connectivity index (χ4n) is 5.31. The van der Waals surface area contributed by atoms with Gasteiger partial charge >= 0.3 is 5.97 Å². The van der Waals surface area contributed by atoms with Gasteiger partial charge in [-0.25, -0.2) is 17.9 Å². The number of carboxylic acids is 1. The number of hydrogen-bond donors (Lipinski definition) is 7. The van der Waals surface area contributed by atoms with E-state index in [0.717, 1.165) is 22.3 Å². The molecule has 4 aromatic rings. The van der Waals surface area contributed by atoms with E-state index < -0.39 is 45.6 Å². The monoisotopic (exact) mass is 698 g/mol. The van der Waals surface area contributed by atoms with Crippen LogP contribution in [-0.4, -0.2) is 49.2 Å². The van der Waals surface area contributed by atoms with Gasteiger partial charge in [-0.15, -0.1) is 0 Å². The molecular formula is C37H42N6O6S. The number of hydrogen-bond acceptors (Lipinski definition) is 7. The Hall–Kier alpha value is -5.37.